The van der Waals surface area contributed by atoms with E-state index >= 15 is 0 Å². The van der Waals surface area contributed by atoms with E-state index in [1.165, 1.54) is 12.0 Å². The van der Waals surface area contributed by atoms with E-state index in [0.717, 1.165) is 6.42 Å². The Labute approximate surface area is 118 Å². The van der Waals surface area contributed by atoms with E-state index in [1.54, 1.807) is 0 Å². The monoisotopic (exact) mass is 283 g/mol. The Hall–Kier alpha value is -1.59. The van der Waals surface area contributed by atoms with Crippen molar-refractivity contribution in [2.24, 2.45) is 17.8 Å². The molecule has 1 amide bonds. The van der Waals surface area contributed by atoms with Gasteiger partial charge < -0.3 is 14.7 Å². The molecule has 4 atom stereocenters. The van der Waals surface area contributed by atoms with Gasteiger partial charge in [-0.1, -0.05) is 6.92 Å². The number of esters is 1. The molecule has 1 aliphatic carbocycles. The number of aliphatic carboxylic acids is 1. The molecule has 1 N–H and O–H groups in total. The fraction of sp³-hybridized carbons (Fsp3) is 0.786. The van der Waals surface area contributed by atoms with E-state index in [2.05, 4.69) is 0 Å². The molecule has 0 aromatic carbocycles. The van der Waals surface area contributed by atoms with Gasteiger partial charge in [0.1, 0.15) is 6.04 Å². The van der Waals surface area contributed by atoms with Crippen LogP contribution < -0.4 is 0 Å². The average Bonchev–Trinajstić information content (AvgIpc) is 3.03. The molecule has 0 radical (unpaired) electrons. The van der Waals surface area contributed by atoms with Gasteiger partial charge in [0, 0.05) is 6.54 Å². The SMILES string of the molecule is COC(=O)C1CCCN1C(=O)C1CC(C)CC1C(=O)O. The van der Waals surface area contributed by atoms with Gasteiger partial charge in [0.15, 0.2) is 0 Å². The molecule has 6 nitrogen and oxygen atoms in total. The molecular weight excluding hydrogens is 262 g/mol. The first-order valence-electron chi connectivity index (χ1n) is 7.06. The number of carbonyl (C=O) groups excluding carboxylic acids is 2. The van der Waals surface area contributed by atoms with Crippen LogP contribution in [0.5, 0.6) is 0 Å². The molecule has 0 spiro atoms. The van der Waals surface area contributed by atoms with Gasteiger partial charge in [-0.25, -0.2) is 4.79 Å². The second-order valence-corrected chi connectivity index (χ2v) is 5.84. The van der Waals surface area contributed by atoms with Crippen molar-refractivity contribution in [1.82, 2.24) is 4.90 Å². The first-order valence-corrected chi connectivity index (χ1v) is 7.06. The summed E-state index contributed by atoms with van der Waals surface area (Å²) in [6.07, 6.45) is 2.46. The minimum atomic E-state index is -0.915. The third kappa shape index (κ3) is 2.64. The molecule has 0 aromatic heterocycles. The average molecular weight is 283 g/mol. The number of hydrogen-bond donors (Lipinski definition) is 1. The largest absolute Gasteiger partial charge is 0.481 e. The van der Waals surface area contributed by atoms with Crippen LogP contribution in [0.25, 0.3) is 0 Å². The Morgan fingerprint density at radius 3 is 2.45 bits per heavy atom. The van der Waals surface area contributed by atoms with Gasteiger partial charge in [-0.15, -0.1) is 0 Å². The van der Waals surface area contributed by atoms with Crippen molar-refractivity contribution >= 4 is 17.8 Å². The maximum Gasteiger partial charge on any atom is 0.328 e. The number of carboxylic acids is 1. The van der Waals surface area contributed by atoms with Crippen LogP contribution in [-0.4, -0.2) is 47.5 Å². The van der Waals surface area contributed by atoms with Crippen molar-refractivity contribution in [2.75, 3.05) is 13.7 Å². The van der Waals surface area contributed by atoms with Crippen LogP contribution in [0.1, 0.15) is 32.6 Å². The van der Waals surface area contributed by atoms with E-state index in [-0.39, 0.29) is 11.8 Å². The van der Waals surface area contributed by atoms with Crippen LogP contribution >= 0.6 is 0 Å². The predicted molar refractivity (Wildman–Crippen MR) is 69.8 cm³/mol. The first-order chi connectivity index (χ1) is 9.45. The number of carbonyl (C=O) groups is 3. The summed E-state index contributed by atoms with van der Waals surface area (Å²) >= 11 is 0. The highest BCUT2D eigenvalue weighted by Gasteiger charge is 2.46. The molecule has 0 bridgehead atoms. The third-order valence-electron chi connectivity index (χ3n) is 4.44. The molecule has 1 aliphatic heterocycles. The topological polar surface area (TPSA) is 83.9 Å². The van der Waals surface area contributed by atoms with Crippen molar-refractivity contribution in [3.05, 3.63) is 0 Å². The number of carboxylic acid groups (broad SMARTS) is 1. The maximum atomic E-state index is 12.6. The zero-order valence-corrected chi connectivity index (χ0v) is 11.9. The summed E-state index contributed by atoms with van der Waals surface area (Å²) in [6, 6.07) is -0.544. The molecule has 6 heteroatoms. The smallest absolute Gasteiger partial charge is 0.328 e. The second-order valence-electron chi connectivity index (χ2n) is 5.84. The van der Waals surface area contributed by atoms with Crippen molar-refractivity contribution in [2.45, 2.75) is 38.6 Å². The first kappa shape index (κ1) is 14.8. The Bertz CT molecular complexity index is 422. The van der Waals surface area contributed by atoms with E-state index in [0.29, 0.717) is 25.8 Å². The molecule has 2 aliphatic rings. The van der Waals surface area contributed by atoms with E-state index in [4.69, 9.17) is 4.74 Å². The lowest BCUT2D eigenvalue weighted by Crippen LogP contribution is -2.45. The van der Waals surface area contributed by atoms with Crippen LogP contribution in [0, 0.1) is 17.8 Å². The number of amides is 1. The van der Waals surface area contributed by atoms with Crippen molar-refractivity contribution < 1.29 is 24.2 Å². The second kappa shape index (κ2) is 5.81. The Kier molecular flexibility index (Phi) is 4.30. The lowest BCUT2D eigenvalue weighted by molar-refractivity contribution is -0.155. The Morgan fingerprint density at radius 1 is 1.20 bits per heavy atom. The van der Waals surface area contributed by atoms with Crippen LogP contribution in [-0.2, 0) is 19.1 Å². The van der Waals surface area contributed by atoms with E-state index in [9.17, 15) is 19.5 Å². The lowest BCUT2D eigenvalue weighted by atomic mass is 9.94. The van der Waals surface area contributed by atoms with Crippen molar-refractivity contribution in [3.63, 3.8) is 0 Å². The normalized spacial score (nSPS) is 33.2. The fourth-order valence-electron chi connectivity index (χ4n) is 3.46. The summed E-state index contributed by atoms with van der Waals surface area (Å²) in [5.41, 5.74) is 0. The van der Waals surface area contributed by atoms with Crippen LogP contribution in [0.15, 0.2) is 0 Å². The highest BCUT2D eigenvalue weighted by Crippen LogP contribution is 2.38. The molecule has 1 saturated carbocycles. The van der Waals surface area contributed by atoms with Gasteiger partial charge in [-0.3, -0.25) is 9.59 Å². The van der Waals surface area contributed by atoms with Crippen LogP contribution in [0.3, 0.4) is 0 Å². The Morgan fingerprint density at radius 2 is 1.85 bits per heavy atom. The number of likely N-dealkylation sites (tertiary alicyclic amines) is 1. The van der Waals surface area contributed by atoms with Gasteiger partial charge in [0.25, 0.3) is 0 Å². The zero-order chi connectivity index (χ0) is 14.9. The highest BCUT2D eigenvalue weighted by atomic mass is 16.5. The molecule has 2 rings (SSSR count). The molecule has 112 valence electrons. The number of hydrogen-bond acceptors (Lipinski definition) is 4. The van der Waals surface area contributed by atoms with Gasteiger partial charge >= 0.3 is 11.9 Å². The maximum absolute atomic E-state index is 12.6. The summed E-state index contributed by atoms with van der Waals surface area (Å²) < 4.78 is 4.72. The summed E-state index contributed by atoms with van der Waals surface area (Å²) in [5.74, 6) is -2.43. The predicted octanol–water partition coefficient (Wildman–Crippen LogP) is 0.897. The van der Waals surface area contributed by atoms with Gasteiger partial charge in [-0.05, 0) is 31.6 Å². The lowest BCUT2D eigenvalue weighted by Gasteiger charge is -2.27. The highest BCUT2D eigenvalue weighted by molar-refractivity contribution is 5.89. The summed E-state index contributed by atoms with van der Waals surface area (Å²) in [5, 5.41) is 9.25. The summed E-state index contributed by atoms with van der Waals surface area (Å²) in [7, 11) is 1.31. The van der Waals surface area contributed by atoms with Crippen molar-refractivity contribution in [3.8, 4) is 0 Å². The van der Waals surface area contributed by atoms with Crippen LogP contribution in [0.2, 0.25) is 0 Å². The molecule has 2 fully saturated rings. The molecule has 20 heavy (non-hydrogen) atoms. The molecular formula is C14H21NO5. The van der Waals surface area contributed by atoms with E-state index in [1.807, 2.05) is 6.92 Å². The fourth-order valence-corrected chi connectivity index (χ4v) is 3.46. The molecule has 1 heterocycles. The molecule has 0 aromatic rings. The zero-order valence-electron chi connectivity index (χ0n) is 11.9. The van der Waals surface area contributed by atoms with Crippen molar-refractivity contribution in [1.29, 1.82) is 0 Å². The third-order valence-corrected chi connectivity index (χ3v) is 4.44. The minimum absolute atomic E-state index is 0.199. The summed E-state index contributed by atoms with van der Waals surface area (Å²) in [6.45, 7) is 2.47. The number of methoxy groups -OCH3 is 1. The molecule has 4 unspecified atom stereocenters. The summed E-state index contributed by atoms with van der Waals surface area (Å²) in [4.78, 5) is 37.1. The standard InChI is InChI=1S/C14H21NO5/c1-8-6-9(10(7-8)13(17)18)12(16)15-5-3-4-11(15)14(19)20-2/h8-11H,3-7H2,1-2H3,(H,17,18). The van der Waals surface area contributed by atoms with Gasteiger partial charge in [-0.2, -0.15) is 0 Å². The minimum Gasteiger partial charge on any atom is -0.481 e. The van der Waals surface area contributed by atoms with Gasteiger partial charge in [0.2, 0.25) is 5.91 Å². The Balaban J connectivity index is 2.13. The van der Waals surface area contributed by atoms with Gasteiger partial charge in [0.05, 0.1) is 18.9 Å². The quantitative estimate of drug-likeness (QED) is 0.778. The number of rotatable bonds is 3. The van der Waals surface area contributed by atoms with E-state index < -0.39 is 29.8 Å². The van der Waals surface area contributed by atoms with Crippen LogP contribution in [0.4, 0.5) is 0 Å². The number of nitrogens with zero attached hydrogens (tertiary/aromatic N) is 1. The number of ether oxygens (including phenoxy) is 1. The molecule has 1 saturated heterocycles.